The Morgan fingerprint density at radius 3 is 2.61 bits per heavy atom. The number of rotatable bonds is 6. The van der Waals surface area contributed by atoms with Crippen molar-refractivity contribution in [3.8, 4) is 0 Å². The molecule has 0 spiro atoms. The van der Waals surface area contributed by atoms with Crippen molar-refractivity contribution in [1.29, 1.82) is 0 Å². The molecule has 0 aliphatic heterocycles. The number of hydrogen-bond donors (Lipinski definition) is 1. The minimum Gasteiger partial charge on any atom is -0.295 e. The first-order valence-corrected chi connectivity index (χ1v) is 7.45. The maximum Gasteiger partial charge on any atom is 0.240 e. The quantitative estimate of drug-likeness (QED) is 0.805. The van der Waals surface area contributed by atoms with Gasteiger partial charge in [-0.25, -0.2) is 13.1 Å². The maximum absolute atomic E-state index is 12.0. The van der Waals surface area contributed by atoms with Crippen molar-refractivity contribution >= 4 is 15.8 Å². The van der Waals surface area contributed by atoms with Crippen LogP contribution in [-0.4, -0.2) is 20.7 Å². The van der Waals surface area contributed by atoms with Gasteiger partial charge >= 0.3 is 0 Å². The average molecular weight is 269 g/mol. The molecule has 1 N–H and O–H groups in total. The molecule has 0 aliphatic rings. The van der Waals surface area contributed by atoms with Crippen LogP contribution >= 0.6 is 0 Å². The summed E-state index contributed by atoms with van der Waals surface area (Å²) in [7, 11) is -3.52. The van der Waals surface area contributed by atoms with Crippen LogP contribution in [-0.2, 0) is 10.0 Å². The standard InChI is InChI=1S/C13H19NO3S/c1-4-10(2)9-14-18(16,17)13-7-5-6-12(8-13)11(3)15/h5-8,10,14H,4,9H2,1-3H3. The number of nitrogens with one attached hydrogen (secondary N) is 1. The zero-order valence-corrected chi connectivity index (χ0v) is 11.8. The largest absolute Gasteiger partial charge is 0.295 e. The molecule has 5 heteroatoms. The van der Waals surface area contributed by atoms with Gasteiger partial charge in [0.05, 0.1) is 4.90 Å². The molecule has 0 heterocycles. The second-order valence-electron chi connectivity index (χ2n) is 4.45. The highest BCUT2D eigenvalue weighted by Gasteiger charge is 2.15. The van der Waals surface area contributed by atoms with E-state index in [0.717, 1.165) is 6.42 Å². The number of benzene rings is 1. The molecule has 1 unspecified atom stereocenters. The molecule has 0 aromatic heterocycles. The van der Waals surface area contributed by atoms with Gasteiger partial charge in [0, 0.05) is 12.1 Å². The minimum atomic E-state index is -3.52. The van der Waals surface area contributed by atoms with Gasteiger partial charge in [-0.15, -0.1) is 0 Å². The van der Waals surface area contributed by atoms with Crippen molar-refractivity contribution in [2.75, 3.05) is 6.54 Å². The Morgan fingerprint density at radius 2 is 2.06 bits per heavy atom. The third kappa shape index (κ3) is 3.92. The van der Waals surface area contributed by atoms with Gasteiger partial charge in [-0.3, -0.25) is 4.79 Å². The van der Waals surface area contributed by atoms with E-state index >= 15 is 0 Å². The third-order valence-electron chi connectivity index (χ3n) is 2.87. The molecule has 1 rings (SSSR count). The van der Waals surface area contributed by atoms with E-state index in [0.29, 0.717) is 12.1 Å². The first-order valence-electron chi connectivity index (χ1n) is 5.97. The van der Waals surface area contributed by atoms with E-state index in [9.17, 15) is 13.2 Å². The monoisotopic (exact) mass is 269 g/mol. The number of hydrogen-bond acceptors (Lipinski definition) is 3. The van der Waals surface area contributed by atoms with Gasteiger partial charge in [0.15, 0.2) is 5.78 Å². The van der Waals surface area contributed by atoms with E-state index in [1.54, 1.807) is 12.1 Å². The zero-order chi connectivity index (χ0) is 13.8. The van der Waals surface area contributed by atoms with Crippen molar-refractivity contribution in [3.63, 3.8) is 0 Å². The summed E-state index contributed by atoms with van der Waals surface area (Å²) in [5.74, 6) is 0.143. The summed E-state index contributed by atoms with van der Waals surface area (Å²) in [6.45, 7) is 5.81. The molecule has 0 saturated carbocycles. The fraction of sp³-hybridized carbons (Fsp3) is 0.462. The lowest BCUT2D eigenvalue weighted by Gasteiger charge is -2.11. The van der Waals surface area contributed by atoms with E-state index in [-0.39, 0.29) is 16.6 Å². The minimum absolute atomic E-state index is 0.138. The highest BCUT2D eigenvalue weighted by atomic mass is 32.2. The third-order valence-corrected chi connectivity index (χ3v) is 4.29. The van der Waals surface area contributed by atoms with Crippen LogP contribution in [0.4, 0.5) is 0 Å². The Balaban J connectivity index is 2.91. The van der Waals surface area contributed by atoms with E-state index in [1.165, 1.54) is 19.1 Å². The summed E-state index contributed by atoms with van der Waals surface area (Å²) < 4.78 is 26.6. The van der Waals surface area contributed by atoms with Crippen LogP contribution < -0.4 is 4.72 Å². The molecule has 0 saturated heterocycles. The molecule has 18 heavy (non-hydrogen) atoms. The lowest BCUT2D eigenvalue weighted by Crippen LogP contribution is -2.28. The first kappa shape index (κ1) is 14.9. The van der Waals surface area contributed by atoms with Crippen LogP contribution in [0, 0.1) is 5.92 Å². The molecule has 0 fully saturated rings. The molecule has 0 aliphatic carbocycles. The lowest BCUT2D eigenvalue weighted by molar-refractivity contribution is 0.101. The number of carbonyl (C=O) groups is 1. The van der Waals surface area contributed by atoms with Crippen molar-refractivity contribution in [2.24, 2.45) is 5.92 Å². The molecule has 0 amide bonds. The number of carbonyl (C=O) groups excluding carboxylic acids is 1. The van der Waals surface area contributed by atoms with Gasteiger partial charge < -0.3 is 0 Å². The summed E-state index contributed by atoms with van der Waals surface area (Å²) in [5, 5.41) is 0. The van der Waals surface area contributed by atoms with Crippen LogP contribution in [0.3, 0.4) is 0 Å². The fourth-order valence-electron chi connectivity index (χ4n) is 1.36. The average Bonchev–Trinajstić information content (AvgIpc) is 2.36. The Bertz CT molecular complexity index is 523. The van der Waals surface area contributed by atoms with Crippen LogP contribution in [0.5, 0.6) is 0 Å². The molecule has 0 radical (unpaired) electrons. The smallest absolute Gasteiger partial charge is 0.240 e. The summed E-state index contributed by atoms with van der Waals surface area (Å²) in [6.07, 6.45) is 0.913. The Morgan fingerprint density at radius 1 is 1.39 bits per heavy atom. The molecule has 1 aromatic rings. The van der Waals surface area contributed by atoms with Gasteiger partial charge in [-0.05, 0) is 25.0 Å². The number of sulfonamides is 1. The summed E-state index contributed by atoms with van der Waals surface area (Å²) >= 11 is 0. The van der Waals surface area contributed by atoms with Gasteiger partial charge in [0.2, 0.25) is 10.0 Å². The molecular formula is C13H19NO3S. The van der Waals surface area contributed by atoms with Crippen molar-refractivity contribution in [1.82, 2.24) is 4.72 Å². The van der Waals surface area contributed by atoms with Gasteiger partial charge in [0.1, 0.15) is 0 Å². The van der Waals surface area contributed by atoms with Gasteiger partial charge in [-0.2, -0.15) is 0 Å². The highest BCUT2D eigenvalue weighted by molar-refractivity contribution is 7.89. The Kier molecular flexibility index (Phi) is 5.04. The topological polar surface area (TPSA) is 63.2 Å². The lowest BCUT2D eigenvalue weighted by atomic mass is 10.1. The second kappa shape index (κ2) is 6.11. The van der Waals surface area contributed by atoms with Crippen LogP contribution in [0.15, 0.2) is 29.2 Å². The van der Waals surface area contributed by atoms with E-state index in [2.05, 4.69) is 4.72 Å². The van der Waals surface area contributed by atoms with Crippen LogP contribution in [0.25, 0.3) is 0 Å². The van der Waals surface area contributed by atoms with E-state index in [1.807, 2.05) is 13.8 Å². The Hall–Kier alpha value is -1.20. The molecule has 0 bridgehead atoms. The van der Waals surface area contributed by atoms with Gasteiger partial charge in [-0.1, -0.05) is 32.4 Å². The van der Waals surface area contributed by atoms with Crippen molar-refractivity contribution < 1.29 is 13.2 Å². The Labute approximate surface area is 108 Å². The molecule has 1 aromatic carbocycles. The normalized spacial score (nSPS) is 13.3. The number of Topliss-reactive ketones (excluding diaryl/α,β-unsaturated/α-hetero) is 1. The SMILES string of the molecule is CCC(C)CNS(=O)(=O)c1cccc(C(C)=O)c1. The molecule has 4 nitrogen and oxygen atoms in total. The highest BCUT2D eigenvalue weighted by Crippen LogP contribution is 2.12. The molecule has 100 valence electrons. The zero-order valence-electron chi connectivity index (χ0n) is 10.9. The van der Waals surface area contributed by atoms with Crippen LogP contribution in [0.1, 0.15) is 37.6 Å². The summed E-state index contributed by atoms with van der Waals surface area (Å²) in [4.78, 5) is 11.4. The van der Waals surface area contributed by atoms with Gasteiger partial charge in [0.25, 0.3) is 0 Å². The molecule has 1 atom stereocenters. The number of ketones is 1. The van der Waals surface area contributed by atoms with E-state index < -0.39 is 10.0 Å². The van der Waals surface area contributed by atoms with Crippen molar-refractivity contribution in [2.45, 2.75) is 32.1 Å². The summed E-state index contributed by atoms with van der Waals surface area (Å²) in [5.41, 5.74) is 0.404. The maximum atomic E-state index is 12.0. The predicted octanol–water partition coefficient (Wildman–Crippen LogP) is 2.21. The fourth-order valence-corrected chi connectivity index (χ4v) is 2.57. The summed E-state index contributed by atoms with van der Waals surface area (Å²) in [6, 6.07) is 6.08. The van der Waals surface area contributed by atoms with Crippen LogP contribution in [0.2, 0.25) is 0 Å². The first-order chi connectivity index (χ1) is 8.36. The van der Waals surface area contributed by atoms with Crippen molar-refractivity contribution in [3.05, 3.63) is 29.8 Å². The molecular weight excluding hydrogens is 250 g/mol. The predicted molar refractivity (Wildman–Crippen MR) is 71.1 cm³/mol. The van der Waals surface area contributed by atoms with E-state index in [4.69, 9.17) is 0 Å². The second-order valence-corrected chi connectivity index (χ2v) is 6.22.